The van der Waals surface area contributed by atoms with Crippen LogP contribution >= 0.6 is 11.8 Å². The maximum absolute atomic E-state index is 3.39. The van der Waals surface area contributed by atoms with Crippen LogP contribution in [0.2, 0.25) is 0 Å². The van der Waals surface area contributed by atoms with Crippen molar-refractivity contribution in [1.29, 1.82) is 0 Å². The lowest BCUT2D eigenvalue weighted by molar-refractivity contribution is 0.718. The first-order valence-corrected chi connectivity index (χ1v) is 7.15. The van der Waals surface area contributed by atoms with Crippen molar-refractivity contribution < 1.29 is 0 Å². The lowest BCUT2D eigenvalue weighted by Gasteiger charge is -2.10. The van der Waals surface area contributed by atoms with Crippen molar-refractivity contribution in [1.82, 2.24) is 5.32 Å². The van der Waals surface area contributed by atoms with Gasteiger partial charge in [0.15, 0.2) is 0 Å². The first kappa shape index (κ1) is 13.2. The average molecular weight is 257 g/mol. The number of aryl methyl sites for hydroxylation is 1. The lowest BCUT2D eigenvalue weighted by Crippen LogP contribution is -2.12. The average Bonchev–Trinajstić information content (AvgIpc) is 2.40. The van der Waals surface area contributed by atoms with Crippen molar-refractivity contribution in [2.45, 2.75) is 30.2 Å². The molecular formula is C16H19NS. The molecule has 2 heteroatoms. The fourth-order valence-corrected chi connectivity index (χ4v) is 2.83. The minimum absolute atomic E-state index is 0.936. The molecule has 0 fully saturated rings. The van der Waals surface area contributed by atoms with Gasteiger partial charge in [0.05, 0.1) is 0 Å². The van der Waals surface area contributed by atoms with E-state index in [4.69, 9.17) is 0 Å². The van der Waals surface area contributed by atoms with Crippen LogP contribution in [0.25, 0.3) is 0 Å². The third kappa shape index (κ3) is 3.37. The summed E-state index contributed by atoms with van der Waals surface area (Å²) in [4.78, 5) is 2.68. The molecule has 18 heavy (non-hydrogen) atoms. The standard InChI is InChI=1S/C16H19NS/c1-3-17-12-14-9-5-7-11-16(14)18-15-10-6-4-8-13(15)2/h4-11,17H,3,12H2,1-2H3. The predicted octanol–water partition coefficient (Wildman–Crippen LogP) is 4.26. The predicted molar refractivity (Wildman–Crippen MR) is 79.1 cm³/mol. The van der Waals surface area contributed by atoms with Crippen LogP contribution in [0.5, 0.6) is 0 Å². The highest BCUT2D eigenvalue weighted by Crippen LogP contribution is 2.32. The van der Waals surface area contributed by atoms with Crippen molar-refractivity contribution in [3.05, 3.63) is 59.7 Å². The summed E-state index contributed by atoms with van der Waals surface area (Å²) < 4.78 is 0. The molecule has 94 valence electrons. The number of benzene rings is 2. The molecule has 2 aromatic carbocycles. The molecule has 0 saturated carbocycles. The largest absolute Gasteiger partial charge is 0.313 e. The van der Waals surface area contributed by atoms with Crippen molar-refractivity contribution in [3.8, 4) is 0 Å². The van der Waals surface area contributed by atoms with Gasteiger partial charge in [-0.2, -0.15) is 0 Å². The van der Waals surface area contributed by atoms with Gasteiger partial charge in [-0.3, -0.25) is 0 Å². The molecule has 0 aliphatic heterocycles. The van der Waals surface area contributed by atoms with E-state index < -0.39 is 0 Å². The maximum atomic E-state index is 3.39. The van der Waals surface area contributed by atoms with Crippen LogP contribution in [-0.4, -0.2) is 6.54 Å². The second kappa shape index (κ2) is 6.62. The van der Waals surface area contributed by atoms with Crippen molar-refractivity contribution >= 4 is 11.8 Å². The minimum Gasteiger partial charge on any atom is -0.313 e. The van der Waals surface area contributed by atoms with Gasteiger partial charge in [-0.05, 0) is 36.7 Å². The maximum Gasteiger partial charge on any atom is 0.0216 e. The Kier molecular flexibility index (Phi) is 4.85. The van der Waals surface area contributed by atoms with Gasteiger partial charge >= 0.3 is 0 Å². The Morgan fingerprint density at radius 2 is 1.61 bits per heavy atom. The third-order valence-corrected chi connectivity index (χ3v) is 4.15. The summed E-state index contributed by atoms with van der Waals surface area (Å²) in [5, 5.41) is 3.39. The Morgan fingerprint density at radius 1 is 0.944 bits per heavy atom. The Hall–Kier alpha value is -1.25. The monoisotopic (exact) mass is 257 g/mol. The summed E-state index contributed by atoms with van der Waals surface area (Å²) >= 11 is 1.85. The zero-order chi connectivity index (χ0) is 12.8. The smallest absolute Gasteiger partial charge is 0.0216 e. The fraction of sp³-hybridized carbons (Fsp3) is 0.250. The summed E-state index contributed by atoms with van der Waals surface area (Å²) in [5.41, 5.74) is 2.70. The topological polar surface area (TPSA) is 12.0 Å². The van der Waals surface area contributed by atoms with Gasteiger partial charge in [-0.15, -0.1) is 0 Å². The highest BCUT2D eigenvalue weighted by atomic mass is 32.2. The van der Waals surface area contributed by atoms with Crippen LogP contribution in [0.1, 0.15) is 18.1 Å². The number of rotatable bonds is 5. The Morgan fingerprint density at radius 3 is 2.33 bits per heavy atom. The summed E-state index contributed by atoms with van der Waals surface area (Å²) in [6, 6.07) is 17.1. The lowest BCUT2D eigenvalue weighted by atomic mass is 10.2. The summed E-state index contributed by atoms with van der Waals surface area (Å²) in [7, 11) is 0. The minimum atomic E-state index is 0.936. The van der Waals surface area contributed by atoms with E-state index in [0.717, 1.165) is 13.1 Å². The van der Waals surface area contributed by atoms with E-state index in [1.807, 2.05) is 11.8 Å². The first-order chi connectivity index (χ1) is 8.81. The van der Waals surface area contributed by atoms with Crippen LogP contribution in [0.3, 0.4) is 0 Å². The quantitative estimate of drug-likeness (QED) is 0.859. The molecule has 1 nitrogen and oxygen atoms in total. The van der Waals surface area contributed by atoms with Crippen molar-refractivity contribution in [2.24, 2.45) is 0 Å². The van der Waals surface area contributed by atoms with E-state index in [2.05, 4.69) is 67.7 Å². The van der Waals surface area contributed by atoms with Crippen LogP contribution in [-0.2, 0) is 6.54 Å². The van der Waals surface area contributed by atoms with E-state index >= 15 is 0 Å². The molecule has 0 saturated heterocycles. The van der Waals surface area contributed by atoms with Crippen LogP contribution in [0.15, 0.2) is 58.3 Å². The zero-order valence-electron chi connectivity index (χ0n) is 10.9. The van der Waals surface area contributed by atoms with Crippen LogP contribution in [0.4, 0.5) is 0 Å². The van der Waals surface area contributed by atoms with Gasteiger partial charge in [-0.25, -0.2) is 0 Å². The second-order valence-corrected chi connectivity index (χ2v) is 5.34. The van der Waals surface area contributed by atoms with E-state index in [0.29, 0.717) is 0 Å². The van der Waals surface area contributed by atoms with Crippen LogP contribution < -0.4 is 5.32 Å². The van der Waals surface area contributed by atoms with Crippen LogP contribution in [0, 0.1) is 6.92 Å². The van der Waals surface area contributed by atoms with Gasteiger partial charge in [0.1, 0.15) is 0 Å². The van der Waals surface area contributed by atoms with E-state index in [1.54, 1.807) is 0 Å². The molecule has 2 rings (SSSR count). The Bertz CT molecular complexity index is 508. The van der Waals surface area contributed by atoms with E-state index in [-0.39, 0.29) is 0 Å². The molecule has 0 heterocycles. The molecule has 2 aromatic rings. The SMILES string of the molecule is CCNCc1ccccc1Sc1ccccc1C. The van der Waals surface area contributed by atoms with E-state index in [9.17, 15) is 0 Å². The molecule has 0 atom stereocenters. The summed E-state index contributed by atoms with van der Waals surface area (Å²) in [6.45, 7) is 6.24. The van der Waals surface area contributed by atoms with Gasteiger partial charge in [0.25, 0.3) is 0 Å². The fourth-order valence-electron chi connectivity index (χ4n) is 1.80. The second-order valence-electron chi connectivity index (χ2n) is 4.26. The summed E-state index contributed by atoms with van der Waals surface area (Å²) in [5.74, 6) is 0. The van der Waals surface area contributed by atoms with E-state index in [1.165, 1.54) is 20.9 Å². The highest BCUT2D eigenvalue weighted by molar-refractivity contribution is 7.99. The van der Waals surface area contributed by atoms with Gasteiger partial charge in [0.2, 0.25) is 0 Å². The third-order valence-electron chi connectivity index (χ3n) is 2.85. The molecule has 0 aliphatic rings. The molecule has 0 radical (unpaired) electrons. The Labute approximate surface area is 114 Å². The molecule has 0 unspecified atom stereocenters. The van der Waals surface area contributed by atoms with Crippen molar-refractivity contribution in [3.63, 3.8) is 0 Å². The molecule has 0 aromatic heterocycles. The van der Waals surface area contributed by atoms with Gasteiger partial charge < -0.3 is 5.32 Å². The highest BCUT2D eigenvalue weighted by Gasteiger charge is 2.04. The number of hydrogen-bond donors (Lipinski definition) is 1. The van der Waals surface area contributed by atoms with Crippen molar-refractivity contribution in [2.75, 3.05) is 6.54 Å². The number of hydrogen-bond acceptors (Lipinski definition) is 2. The first-order valence-electron chi connectivity index (χ1n) is 6.33. The van der Waals surface area contributed by atoms with Gasteiger partial charge in [0, 0.05) is 16.3 Å². The molecule has 0 aliphatic carbocycles. The molecule has 0 bridgehead atoms. The molecule has 0 spiro atoms. The number of nitrogens with one attached hydrogen (secondary N) is 1. The van der Waals surface area contributed by atoms with Gasteiger partial charge in [-0.1, -0.05) is 55.1 Å². The Balaban J connectivity index is 2.21. The summed E-state index contributed by atoms with van der Waals surface area (Å²) in [6.07, 6.45) is 0. The normalized spacial score (nSPS) is 10.6. The molecule has 1 N–H and O–H groups in total. The zero-order valence-corrected chi connectivity index (χ0v) is 11.8. The molecular weight excluding hydrogens is 238 g/mol. The molecule has 0 amide bonds.